The van der Waals surface area contributed by atoms with Crippen molar-refractivity contribution in [2.24, 2.45) is 0 Å². The number of nitrogens with one attached hydrogen (secondary N) is 1. The molecule has 1 N–H and O–H groups in total. The van der Waals surface area contributed by atoms with E-state index in [9.17, 15) is 18.4 Å². The Kier molecular flexibility index (Phi) is 7.74. The van der Waals surface area contributed by atoms with Crippen molar-refractivity contribution in [3.05, 3.63) is 47.4 Å². The predicted octanol–water partition coefficient (Wildman–Crippen LogP) is 2.89. The Labute approximate surface area is 173 Å². The summed E-state index contributed by atoms with van der Waals surface area (Å²) in [6, 6.07) is 8.49. The molecule has 0 saturated carbocycles. The Morgan fingerprint density at radius 3 is 2.67 bits per heavy atom. The first-order chi connectivity index (χ1) is 14.5. The largest absolute Gasteiger partial charge is 0.416 e. The molecule has 9 heteroatoms. The number of nitrogens with zero attached hydrogens (tertiary/aromatic N) is 4. The van der Waals surface area contributed by atoms with E-state index in [2.05, 4.69) is 20.2 Å². The molecule has 30 heavy (non-hydrogen) atoms. The van der Waals surface area contributed by atoms with Crippen molar-refractivity contribution in [3.8, 4) is 17.3 Å². The fourth-order valence-electron chi connectivity index (χ4n) is 3.26. The van der Waals surface area contributed by atoms with Crippen molar-refractivity contribution in [2.75, 3.05) is 45.9 Å². The van der Waals surface area contributed by atoms with Gasteiger partial charge in [0.25, 0.3) is 0 Å². The number of rotatable bonds is 8. The summed E-state index contributed by atoms with van der Waals surface area (Å²) in [4.78, 5) is 10.6. The number of alkyl halides is 3. The average Bonchev–Trinajstić information content (AvgIpc) is 2.76. The fraction of sp³-hybridized carbons (Fsp3) is 0.476. The molecule has 0 atom stereocenters. The van der Waals surface area contributed by atoms with Crippen LogP contribution in [0.2, 0.25) is 0 Å². The minimum Gasteiger partial charge on any atom is -0.379 e. The molecule has 1 aliphatic rings. The molecule has 1 saturated heterocycles. The highest BCUT2D eigenvalue weighted by atomic mass is 19.4. The van der Waals surface area contributed by atoms with Crippen LogP contribution in [0.4, 0.5) is 13.2 Å². The molecular weight excluding hydrogens is 395 g/mol. The van der Waals surface area contributed by atoms with Gasteiger partial charge in [0.1, 0.15) is 6.07 Å². The lowest BCUT2D eigenvalue weighted by atomic mass is 10.1. The van der Waals surface area contributed by atoms with Gasteiger partial charge < -0.3 is 10.1 Å². The van der Waals surface area contributed by atoms with Gasteiger partial charge >= 0.3 is 6.18 Å². The average molecular weight is 419 g/mol. The molecule has 0 bridgehead atoms. The molecular formula is C21H24F3N5O. The van der Waals surface area contributed by atoms with Crippen molar-refractivity contribution in [2.45, 2.75) is 19.0 Å². The molecule has 3 rings (SSSR count). The number of ether oxygens (including phenoxy) is 1. The Bertz CT molecular complexity index is 876. The molecule has 6 nitrogen and oxygen atoms in total. The molecule has 0 amide bonds. The summed E-state index contributed by atoms with van der Waals surface area (Å²) >= 11 is 0. The summed E-state index contributed by atoms with van der Waals surface area (Å²) in [7, 11) is 0. The molecule has 2 aromatic rings. The number of benzene rings is 1. The number of hydrogen-bond acceptors (Lipinski definition) is 6. The zero-order valence-electron chi connectivity index (χ0n) is 16.6. The van der Waals surface area contributed by atoms with Gasteiger partial charge in [0.15, 0.2) is 0 Å². The van der Waals surface area contributed by atoms with E-state index in [1.54, 1.807) is 12.1 Å². The van der Waals surface area contributed by atoms with Crippen molar-refractivity contribution in [3.63, 3.8) is 0 Å². The third-order valence-corrected chi connectivity index (χ3v) is 4.86. The van der Waals surface area contributed by atoms with Gasteiger partial charge in [-0.25, -0.2) is 9.97 Å². The Morgan fingerprint density at radius 1 is 1.13 bits per heavy atom. The lowest BCUT2D eigenvalue weighted by molar-refractivity contribution is -0.137. The van der Waals surface area contributed by atoms with Gasteiger partial charge in [0.05, 0.1) is 24.5 Å². The second kappa shape index (κ2) is 10.5. The smallest absolute Gasteiger partial charge is 0.379 e. The minimum absolute atomic E-state index is 0.0415. The Balaban J connectivity index is 1.56. The van der Waals surface area contributed by atoms with E-state index in [0.717, 1.165) is 64.5 Å². The summed E-state index contributed by atoms with van der Waals surface area (Å²) < 4.78 is 44.3. The summed E-state index contributed by atoms with van der Waals surface area (Å²) in [6.45, 7) is 6.11. The maximum atomic E-state index is 13.0. The van der Waals surface area contributed by atoms with Crippen LogP contribution >= 0.6 is 0 Å². The number of halogens is 3. The summed E-state index contributed by atoms with van der Waals surface area (Å²) in [5.41, 5.74) is 0.531. The number of aromatic nitrogens is 2. The first kappa shape index (κ1) is 22.2. The van der Waals surface area contributed by atoms with E-state index >= 15 is 0 Å². The highest BCUT2D eigenvalue weighted by molar-refractivity contribution is 5.61. The fourth-order valence-corrected chi connectivity index (χ4v) is 3.26. The first-order valence-corrected chi connectivity index (χ1v) is 9.92. The molecule has 1 aliphatic heterocycles. The van der Waals surface area contributed by atoms with Crippen LogP contribution in [0.5, 0.6) is 0 Å². The van der Waals surface area contributed by atoms with E-state index < -0.39 is 11.7 Å². The maximum absolute atomic E-state index is 13.0. The summed E-state index contributed by atoms with van der Waals surface area (Å²) in [5, 5.41) is 12.6. The van der Waals surface area contributed by atoms with Crippen molar-refractivity contribution in [1.29, 1.82) is 5.26 Å². The topological polar surface area (TPSA) is 74.1 Å². The standard InChI is InChI=1S/C21H24F3N5O/c22-21(23,24)17-4-1-3-16(13-17)19-14-18(27-20(15-25)28-19)5-2-6-26-7-8-29-9-11-30-12-10-29/h1,3-4,13-14,26H,2,5-12H2. The lowest BCUT2D eigenvalue weighted by Gasteiger charge is -2.26. The van der Waals surface area contributed by atoms with Crippen LogP contribution in [-0.2, 0) is 17.3 Å². The van der Waals surface area contributed by atoms with Crippen LogP contribution in [0.3, 0.4) is 0 Å². The molecule has 1 aromatic carbocycles. The van der Waals surface area contributed by atoms with Crippen LogP contribution in [0.25, 0.3) is 11.3 Å². The highest BCUT2D eigenvalue weighted by Gasteiger charge is 2.30. The van der Waals surface area contributed by atoms with Gasteiger partial charge in [-0.3, -0.25) is 4.90 Å². The van der Waals surface area contributed by atoms with Crippen LogP contribution in [-0.4, -0.2) is 60.8 Å². The molecule has 0 unspecified atom stereocenters. The molecule has 2 heterocycles. The van der Waals surface area contributed by atoms with Gasteiger partial charge in [-0.1, -0.05) is 12.1 Å². The number of hydrogen-bond donors (Lipinski definition) is 1. The van der Waals surface area contributed by atoms with Crippen LogP contribution in [0.1, 0.15) is 23.5 Å². The SMILES string of the molecule is N#Cc1nc(CCCNCCN2CCOCC2)cc(-c2cccc(C(F)(F)F)c2)n1. The highest BCUT2D eigenvalue weighted by Crippen LogP contribution is 2.31. The number of morpholine rings is 1. The van der Waals surface area contributed by atoms with E-state index in [1.165, 1.54) is 6.07 Å². The van der Waals surface area contributed by atoms with E-state index in [0.29, 0.717) is 23.4 Å². The Hall–Kier alpha value is -2.54. The van der Waals surface area contributed by atoms with Crippen LogP contribution < -0.4 is 5.32 Å². The van der Waals surface area contributed by atoms with E-state index in [1.807, 2.05) is 6.07 Å². The third-order valence-electron chi connectivity index (χ3n) is 4.86. The molecule has 1 aromatic heterocycles. The second-order valence-electron chi connectivity index (χ2n) is 7.07. The van der Waals surface area contributed by atoms with Gasteiger partial charge in [-0.2, -0.15) is 18.4 Å². The normalized spacial score (nSPS) is 15.1. The maximum Gasteiger partial charge on any atom is 0.416 e. The molecule has 160 valence electrons. The quantitative estimate of drug-likeness (QED) is 0.664. The van der Waals surface area contributed by atoms with Crippen LogP contribution in [0, 0.1) is 11.3 Å². The zero-order valence-corrected chi connectivity index (χ0v) is 16.6. The van der Waals surface area contributed by atoms with Crippen molar-refractivity contribution >= 4 is 0 Å². The van der Waals surface area contributed by atoms with Crippen LogP contribution in [0.15, 0.2) is 30.3 Å². The Morgan fingerprint density at radius 2 is 1.93 bits per heavy atom. The van der Waals surface area contributed by atoms with Gasteiger partial charge in [0.2, 0.25) is 5.82 Å². The number of nitriles is 1. The number of aryl methyl sites for hydroxylation is 1. The van der Waals surface area contributed by atoms with Crippen molar-refractivity contribution < 1.29 is 17.9 Å². The van der Waals surface area contributed by atoms with E-state index in [-0.39, 0.29) is 5.82 Å². The molecule has 0 aliphatic carbocycles. The summed E-state index contributed by atoms with van der Waals surface area (Å²) in [5.74, 6) is -0.0415. The van der Waals surface area contributed by atoms with Gasteiger partial charge in [-0.05, 0) is 37.6 Å². The molecule has 1 fully saturated rings. The third kappa shape index (κ3) is 6.49. The summed E-state index contributed by atoms with van der Waals surface area (Å²) in [6.07, 6.45) is -3.03. The molecule has 0 spiro atoms. The lowest BCUT2D eigenvalue weighted by Crippen LogP contribution is -2.40. The minimum atomic E-state index is -4.43. The predicted molar refractivity (Wildman–Crippen MR) is 106 cm³/mol. The molecule has 0 radical (unpaired) electrons. The zero-order chi connectivity index (χ0) is 21.4. The first-order valence-electron chi connectivity index (χ1n) is 9.92. The monoisotopic (exact) mass is 419 g/mol. The van der Waals surface area contributed by atoms with Gasteiger partial charge in [-0.15, -0.1) is 0 Å². The second-order valence-corrected chi connectivity index (χ2v) is 7.07. The van der Waals surface area contributed by atoms with E-state index in [4.69, 9.17) is 4.74 Å². The van der Waals surface area contributed by atoms with Gasteiger partial charge in [0, 0.05) is 37.4 Å². The van der Waals surface area contributed by atoms with Crippen molar-refractivity contribution in [1.82, 2.24) is 20.2 Å².